The lowest BCUT2D eigenvalue weighted by Crippen LogP contribution is -2.45. The SMILES string of the molecule is CN(C)Cc1ccccc1-c1ccc(C2(O)CCC(N3CC[C@@H](NC(=O)CNC(=O)c4cccc(C(F)(F)F)c4)C3)CC2)nc1. The molecule has 0 radical (unpaired) electrons. The molecule has 1 aliphatic carbocycles. The van der Waals surface area contributed by atoms with Crippen LogP contribution < -0.4 is 10.6 Å². The zero-order valence-electron chi connectivity index (χ0n) is 25.6. The first-order valence-corrected chi connectivity index (χ1v) is 15.3. The number of aromatic nitrogens is 1. The molecule has 2 aromatic carbocycles. The lowest BCUT2D eigenvalue weighted by molar-refractivity contribution is -0.137. The Labute approximate surface area is 261 Å². The van der Waals surface area contributed by atoms with Crippen molar-refractivity contribution in [2.24, 2.45) is 0 Å². The molecule has 1 aromatic heterocycles. The van der Waals surface area contributed by atoms with Crippen molar-refractivity contribution < 1.29 is 27.9 Å². The average molecular weight is 624 g/mol. The second-order valence-electron chi connectivity index (χ2n) is 12.4. The van der Waals surface area contributed by atoms with Crippen LogP contribution in [0, 0.1) is 0 Å². The van der Waals surface area contributed by atoms with Crippen LogP contribution >= 0.6 is 0 Å². The average Bonchev–Trinajstić information content (AvgIpc) is 3.48. The van der Waals surface area contributed by atoms with E-state index >= 15 is 0 Å². The molecule has 2 aliphatic rings. The monoisotopic (exact) mass is 623 g/mol. The molecule has 240 valence electrons. The van der Waals surface area contributed by atoms with Crippen LogP contribution in [0.3, 0.4) is 0 Å². The second-order valence-corrected chi connectivity index (χ2v) is 12.4. The number of aliphatic hydroxyl groups is 1. The number of pyridine rings is 1. The van der Waals surface area contributed by atoms with Crippen molar-refractivity contribution in [2.75, 3.05) is 33.7 Å². The predicted octanol–water partition coefficient (Wildman–Crippen LogP) is 4.58. The second kappa shape index (κ2) is 13.7. The first kappa shape index (κ1) is 32.6. The van der Waals surface area contributed by atoms with Crippen molar-refractivity contribution in [3.8, 4) is 11.1 Å². The fraction of sp³-hybridized carbons (Fsp3) is 0.441. The molecule has 5 rings (SSSR count). The summed E-state index contributed by atoms with van der Waals surface area (Å²) in [5.74, 6) is -1.13. The van der Waals surface area contributed by atoms with Crippen LogP contribution in [-0.2, 0) is 23.1 Å². The molecule has 8 nitrogen and oxygen atoms in total. The van der Waals surface area contributed by atoms with Crippen LogP contribution in [-0.4, -0.2) is 77.5 Å². The van der Waals surface area contributed by atoms with Crippen molar-refractivity contribution in [1.29, 1.82) is 0 Å². The molecule has 11 heteroatoms. The van der Waals surface area contributed by atoms with Crippen molar-refractivity contribution in [1.82, 2.24) is 25.4 Å². The molecule has 2 heterocycles. The maximum absolute atomic E-state index is 12.9. The number of benzene rings is 2. The number of rotatable bonds is 9. The van der Waals surface area contributed by atoms with Crippen molar-refractivity contribution in [2.45, 2.75) is 62.5 Å². The van der Waals surface area contributed by atoms with Gasteiger partial charge >= 0.3 is 6.18 Å². The molecular formula is C34H40F3N5O3. The van der Waals surface area contributed by atoms with Crippen molar-refractivity contribution >= 4 is 11.8 Å². The third kappa shape index (κ3) is 8.08. The minimum atomic E-state index is -4.56. The fourth-order valence-corrected chi connectivity index (χ4v) is 6.43. The summed E-state index contributed by atoms with van der Waals surface area (Å²) in [6.07, 6.45) is 0.849. The third-order valence-corrected chi connectivity index (χ3v) is 8.80. The van der Waals surface area contributed by atoms with Gasteiger partial charge in [0.05, 0.1) is 17.8 Å². The summed E-state index contributed by atoms with van der Waals surface area (Å²) in [5.41, 5.74) is 2.01. The Bertz CT molecular complexity index is 1490. The number of nitrogens with one attached hydrogen (secondary N) is 2. The number of nitrogens with zero attached hydrogens (tertiary/aromatic N) is 3. The number of hydrogen-bond donors (Lipinski definition) is 3. The first-order valence-electron chi connectivity index (χ1n) is 15.3. The standard InChI is InChI=1S/C34H40F3N5O3/c1-41(2)21-25-6-3-4-9-29(25)24-10-11-30(38-19-24)33(45)15-12-28(13-16-33)42-17-14-27(22-42)40-31(43)20-39-32(44)23-7-5-8-26(18-23)34(35,36)37/h3-11,18-19,27-28,45H,12-17,20-22H2,1-2H3,(H,39,44)(H,40,43)/t27-,28?,33?/m1/s1. The van der Waals surface area contributed by atoms with Crippen LogP contribution in [0.5, 0.6) is 0 Å². The molecule has 0 bridgehead atoms. The third-order valence-electron chi connectivity index (χ3n) is 8.80. The fourth-order valence-electron chi connectivity index (χ4n) is 6.43. The Balaban J connectivity index is 1.08. The van der Waals surface area contributed by atoms with E-state index in [2.05, 4.69) is 32.6 Å². The molecular weight excluding hydrogens is 583 g/mol. The van der Waals surface area contributed by atoms with Gasteiger partial charge in [0, 0.05) is 49.0 Å². The van der Waals surface area contributed by atoms with Crippen LogP contribution in [0.2, 0.25) is 0 Å². The van der Waals surface area contributed by atoms with E-state index in [1.165, 1.54) is 11.6 Å². The van der Waals surface area contributed by atoms with E-state index in [0.29, 0.717) is 25.1 Å². The van der Waals surface area contributed by atoms with Gasteiger partial charge in [0.1, 0.15) is 5.60 Å². The lowest BCUT2D eigenvalue weighted by Gasteiger charge is -2.39. The van der Waals surface area contributed by atoms with Gasteiger partial charge in [-0.3, -0.25) is 19.5 Å². The van der Waals surface area contributed by atoms with E-state index in [0.717, 1.165) is 61.7 Å². The lowest BCUT2D eigenvalue weighted by atomic mass is 9.79. The first-order chi connectivity index (χ1) is 21.4. The number of carbonyl (C=O) groups excluding carboxylic acids is 2. The van der Waals surface area contributed by atoms with E-state index in [1.54, 1.807) is 0 Å². The maximum atomic E-state index is 12.9. The summed E-state index contributed by atoms with van der Waals surface area (Å²) in [7, 11) is 4.08. The Hall–Kier alpha value is -3.80. The summed E-state index contributed by atoms with van der Waals surface area (Å²) in [4.78, 5) is 34.0. The van der Waals surface area contributed by atoms with Gasteiger partial charge in [-0.1, -0.05) is 36.4 Å². The molecule has 3 N–H and O–H groups in total. The summed E-state index contributed by atoms with van der Waals surface area (Å²) >= 11 is 0. The molecule has 1 aliphatic heterocycles. The van der Waals surface area contributed by atoms with E-state index in [1.807, 2.05) is 44.6 Å². The summed E-state index contributed by atoms with van der Waals surface area (Å²) in [6.45, 7) is 1.97. The van der Waals surface area contributed by atoms with E-state index in [4.69, 9.17) is 4.98 Å². The summed E-state index contributed by atoms with van der Waals surface area (Å²) in [5, 5.41) is 16.8. The molecule has 3 aromatic rings. The minimum Gasteiger partial charge on any atom is -0.384 e. The Morgan fingerprint density at radius 2 is 1.80 bits per heavy atom. The minimum absolute atomic E-state index is 0.0895. The smallest absolute Gasteiger partial charge is 0.384 e. The largest absolute Gasteiger partial charge is 0.416 e. The van der Waals surface area contributed by atoms with Crippen LogP contribution in [0.25, 0.3) is 11.1 Å². The molecule has 0 spiro atoms. The molecule has 2 fully saturated rings. The molecule has 1 saturated carbocycles. The van der Waals surface area contributed by atoms with Gasteiger partial charge in [0.25, 0.3) is 5.91 Å². The number of likely N-dealkylation sites (tertiary alicyclic amines) is 1. The van der Waals surface area contributed by atoms with Gasteiger partial charge in [0.15, 0.2) is 0 Å². The number of amides is 2. The molecule has 1 saturated heterocycles. The van der Waals surface area contributed by atoms with E-state index in [-0.39, 0.29) is 30.1 Å². The number of hydrogen-bond acceptors (Lipinski definition) is 6. The van der Waals surface area contributed by atoms with Gasteiger partial charge in [-0.25, -0.2) is 0 Å². The maximum Gasteiger partial charge on any atom is 0.416 e. The predicted molar refractivity (Wildman–Crippen MR) is 165 cm³/mol. The van der Waals surface area contributed by atoms with Gasteiger partial charge in [0.2, 0.25) is 5.91 Å². The highest BCUT2D eigenvalue weighted by molar-refractivity contribution is 5.96. The topological polar surface area (TPSA) is 97.8 Å². The Morgan fingerprint density at radius 1 is 1.04 bits per heavy atom. The van der Waals surface area contributed by atoms with Gasteiger partial charge in [-0.2, -0.15) is 13.2 Å². The van der Waals surface area contributed by atoms with Gasteiger partial charge in [-0.05, 0) is 81.6 Å². The highest BCUT2D eigenvalue weighted by Crippen LogP contribution is 2.39. The quantitative estimate of drug-likeness (QED) is 0.323. The molecule has 45 heavy (non-hydrogen) atoms. The zero-order chi connectivity index (χ0) is 32.2. The van der Waals surface area contributed by atoms with Crippen LogP contribution in [0.4, 0.5) is 13.2 Å². The van der Waals surface area contributed by atoms with Gasteiger partial charge < -0.3 is 20.6 Å². The number of halogens is 3. The Morgan fingerprint density at radius 3 is 2.49 bits per heavy atom. The highest BCUT2D eigenvalue weighted by Gasteiger charge is 2.39. The zero-order valence-corrected chi connectivity index (χ0v) is 25.6. The Kier molecular flexibility index (Phi) is 9.91. The normalized spacial score (nSPS) is 22.4. The molecule has 1 atom stereocenters. The van der Waals surface area contributed by atoms with Crippen molar-refractivity contribution in [3.05, 3.63) is 89.2 Å². The molecule has 2 amide bonds. The van der Waals surface area contributed by atoms with Crippen molar-refractivity contribution in [3.63, 3.8) is 0 Å². The highest BCUT2D eigenvalue weighted by atomic mass is 19.4. The molecule has 0 unspecified atom stereocenters. The van der Waals surface area contributed by atoms with E-state index in [9.17, 15) is 27.9 Å². The van der Waals surface area contributed by atoms with Crippen LogP contribution in [0.1, 0.15) is 59.3 Å². The number of alkyl halides is 3. The van der Waals surface area contributed by atoms with Gasteiger partial charge in [-0.15, -0.1) is 0 Å². The number of carbonyl (C=O) groups is 2. The van der Waals surface area contributed by atoms with E-state index < -0.39 is 23.2 Å². The van der Waals surface area contributed by atoms with Crippen LogP contribution in [0.15, 0.2) is 66.9 Å². The summed E-state index contributed by atoms with van der Waals surface area (Å²) in [6, 6.07) is 16.5. The summed E-state index contributed by atoms with van der Waals surface area (Å²) < 4.78 is 38.8.